The van der Waals surface area contributed by atoms with E-state index in [0.717, 1.165) is 30.2 Å². The Kier molecular flexibility index (Phi) is 3.30. The Morgan fingerprint density at radius 3 is 2.65 bits per heavy atom. The van der Waals surface area contributed by atoms with Gasteiger partial charge in [-0.05, 0) is 24.4 Å². The number of anilines is 1. The summed E-state index contributed by atoms with van der Waals surface area (Å²) in [4.78, 5) is 8.34. The molecular formula is C11H12N4O3S2. The Bertz CT molecular complexity index is 708. The first kappa shape index (κ1) is 13.3. The van der Waals surface area contributed by atoms with E-state index in [4.69, 9.17) is 4.74 Å². The maximum absolute atomic E-state index is 12.2. The fourth-order valence-electron chi connectivity index (χ4n) is 1.69. The van der Waals surface area contributed by atoms with Gasteiger partial charge in [-0.3, -0.25) is 4.72 Å². The molecule has 3 rings (SSSR count). The lowest BCUT2D eigenvalue weighted by Gasteiger charge is -2.07. The lowest BCUT2D eigenvalue weighted by atomic mass is 10.4. The van der Waals surface area contributed by atoms with Crippen molar-refractivity contribution in [3.05, 3.63) is 23.6 Å². The molecule has 0 unspecified atom stereocenters. The van der Waals surface area contributed by atoms with Gasteiger partial charge in [-0.25, -0.2) is 18.4 Å². The van der Waals surface area contributed by atoms with E-state index < -0.39 is 10.0 Å². The molecule has 1 saturated carbocycles. The van der Waals surface area contributed by atoms with Gasteiger partial charge in [0.05, 0.1) is 25.2 Å². The molecule has 20 heavy (non-hydrogen) atoms. The first-order valence-electron chi connectivity index (χ1n) is 5.93. The van der Waals surface area contributed by atoms with E-state index in [1.54, 1.807) is 0 Å². The molecule has 0 amide bonds. The van der Waals surface area contributed by atoms with Crippen LogP contribution in [0.25, 0.3) is 0 Å². The Morgan fingerprint density at radius 1 is 1.35 bits per heavy atom. The molecule has 0 saturated heterocycles. The van der Waals surface area contributed by atoms with Crippen LogP contribution in [0, 0.1) is 0 Å². The lowest BCUT2D eigenvalue weighted by molar-refractivity contribution is 0.391. The summed E-state index contributed by atoms with van der Waals surface area (Å²) in [7, 11) is -2.36. The fourth-order valence-corrected chi connectivity index (χ4v) is 3.78. The maximum atomic E-state index is 12.2. The summed E-state index contributed by atoms with van der Waals surface area (Å²) in [6.45, 7) is 0. The number of nitrogens with zero attached hydrogens (tertiary/aromatic N) is 3. The fraction of sp³-hybridized carbons (Fsp3) is 0.364. The maximum Gasteiger partial charge on any atom is 0.268 e. The summed E-state index contributed by atoms with van der Waals surface area (Å²) in [5.41, 5.74) is 0.322. The number of hydrogen-bond donors (Lipinski definition) is 1. The minimum Gasteiger partial charge on any atom is -0.479 e. The van der Waals surface area contributed by atoms with Gasteiger partial charge in [-0.1, -0.05) is 0 Å². The van der Waals surface area contributed by atoms with Crippen molar-refractivity contribution in [2.45, 2.75) is 23.7 Å². The highest BCUT2D eigenvalue weighted by atomic mass is 32.2. The predicted molar refractivity (Wildman–Crippen MR) is 73.5 cm³/mol. The van der Waals surface area contributed by atoms with E-state index >= 15 is 0 Å². The number of aromatic nitrogens is 3. The van der Waals surface area contributed by atoms with E-state index in [-0.39, 0.29) is 10.8 Å². The quantitative estimate of drug-likeness (QED) is 0.901. The van der Waals surface area contributed by atoms with Gasteiger partial charge in [-0.15, -0.1) is 0 Å². The summed E-state index contributed by atoms with van der Waals surface area (Å²) in [5.74, 6) is 1.28. The topological polar surface area (TPSA) is 94.1 Å². The summed E-state index contributed by atoms with van der Waals surface area (Å²) in [5, 5.41) is 1.42. The molecule has 0 atom stereocenters. The van der Waals surface area contributed by atoms with Crippen molar-refractivity contribution in [3.8, 4) is 5.88 Å². The molecular weight excluding hydrogens is 300 g/mol. The van der Waals surface area contributed by atoms with E-state index in [1.165, 1.54) is 24.9 Å². The van der Waals surface area contributed by atoms with Crippen molar-refractivity contribution < 1.29 is 13.2 Å². The number of nitrogens with one attached hydrogen (secondary N) is 1. The van der Waals surface area contributed by atoms with E-state index in [0.29, 0.717) is 11.6 Å². The molecule has 9 heteroatoms. The molecule has 0 radical (unpaired) electrons. The van der Waals surface area contributed by atoms with Crippen LogP contribution in [0.4, 0.5) is 5.69 Å². The smallest absolute Gasteiger partial charge is 0.268 e. The second-order valence-electron chi connectivity index (χ2n) is 4.40. The van der Waals surface area contributed by atoms with Crippen molar-refractivity contribution in [1.29, 1.82) is 0 Å². The third-order valence-electron chi connectivity index (χ3n) is 2.86. The second-order valence-corrected chi connectivity index (χ2v) is 6.68. The number of rotatable bonds is 5. The number of methoxy groups -OCH3 is 1. The molecule has 2 aromatic rings. The lowest BCUT2D eigenvalue weighted by Crippen LogP contribution is -2.13. The van der Waals surface area contributed by atoms with Gasteiger partial charge >= 0.3 is 0 Å². The molecule has 2 heterocycles. The van der Waals surface area contributed by atoms with Crippen LogP contribution in [-0.2, 0) is 10.0 Å². The van der Waals surface area contributed by atoms with Crippen molar-refractivity contribution in [2.75, 3.05) is 11.8 Å². The van der Waals surface area contributed by atoms with E-state index in [2.05, 4.69) is 19.1 Å². The normalized spacial score (nSPS) is 15.1. The first-order chi connectivity index (χ1) is 9.60. The van der Waals surface area contributed by atoms with Gasteiger partial charge in [0.1, 0.15) is 5.82 Å². The second kappa shape index (κ2) is 4.98. The van der Waals surface area contributed by atoms with E-state index in [9.17, 15) is 8.42 Å². The van der Waals surface area contributed by atoms with Crippen LogP contribution in [0.5, 0.6) is 5.88 Å². The Labute approximate surface area is 120 Å². The highest BCUT2D eigenvalue weighted by Crippen LogP contribution is 2.37. The summed E-state index contributed by atoms with van der Waals surface area (Å²) in [6.07, 6.45) is 5.15. The van der Waals surface area contributed by atoms with Gasteiger partial charge in [0.2, 0.25) is 5.88 Å². The largest absolute Gasteiger partial charge is 0.479 e. The summed E-state index contributed by atoms with van der Waals surface area (Å²) in [6, 6.07) is 0. The number of ether oxygens (including phenoxy) is 1. The molecule has 2 aromatic heterocycles. The highest BCUT2D eigenvalue weighted by molar-refractivity contribution is 7.93. The zero-order valence-electron chi connectivity index (χ0n) is 10.6. The van der Waals surface area contributed by atoms with Gasteiger partial charge in [0, 0.05) is 11.3 Å². The molecule has 1 aliphatic rings. The average molecular weight is 312 g/mol. The number of hydrogen-bond acceptors (Lipinski definition) is 7. The Morgan fingerprint density at radius 2 is 2.05 bits per heavy atom. The minimum atomic E-state index is -3.74. The van der Waals surface area contributed by atoms with Crippen LogP contribution in [0.3, 0.4) is 0 Å². The third kappa shape index (κ3) is 2.59. The molecule has 0 aliphatic heterocycles. The summed E-state index contributed by atoms with van der Waals surface area (Å²) < 4.78 is 35.6. The SMILES string of the molecule is COc1nscc1S(=O)(=O)Nc1cnc(C2CC2)nc1. The standard InChI is InChI=1S/C11H12N4O3S2/c1-18-11-9(6-19-14-11)20(16,17)15-8-4-12-10(13-5-8)7-2-3-7/h4-7,15H,2-3H2,1H3. The first-order valence-corrected chi connectivity index (χ1v) is 8.25. The van der Waals surface area contributed by atoms with Crippen LogP contribution in [-0.4, -0.2) is 29.9 Å². The predicted octanol–water partition coefficient (Wildman–Crippen LogP) is 1.62. The van der Waals surface area contributed by atoms with Crippen molar-refractivity contribution in [2.24, 2.45) is 0 Å². The van der Waals surface area contributed by atoms with Crippen LogP contribution >= 0.6 is 11.5 Å². The molecule has 1 aliphatic carbocycles. The van der Waals surface area contributed by atoms with Crippen molar-refractivity contribution in [1.82, 2.24) is 14.3 Å². The third-order valence-corrected chi connectivity index (χ3v) is 4.99. The molecule has 106 valence electrons. The highest BCUT2D eigenvalue weighted by Gasteiger charge is 2.27. The molecule has 0 spiro atoms. The van der Waals surface area contributed by atoms with Crippen LogP contribution in [0.15, 0.2) is 22.7 Å². The molecule has 0 bridgehead atoms. The molecule has 1 N–H and O–H groups in total. The van der Waals surface area contributed by atoms with Crippen molar-refractivity contribution >= 4 is 27.2 Å². The molecule has 7 nitrogen and oxygen atoms in total. The number of sulfonamides is 1. The van der Waals surface area contributed by atoms with Crippen LogP contribution in [0.2, 0.25) is 0 Å². The minimum absolute atomic E-state index is 0.0104. The van der Waals surface area contributed by atoms with Gasteiger partial charge in [0.15, 0.2) is 4.90 Å². The zero-order chi connectivity index (χ0) is 14.2. The summed E-state index contributed by atoms with van der Waals surface area (Å²) >= 11 is 1.02. The zero-order valence-corrected chi connectivity index (χ0v) is 12.2. The van der Waals surface area contributed by atoms with E-state index in [1.807, 2.05) is 0 Å². The Balaban J connectivity index is 1.82. The van der Waals surface area contributed by atoms with Gasteiger partial charge in [-0.2, -0.15) is 4.37 Å². The molecule has 1 fully saturated rings. The van der Waals surface area contributed by atoms with Gasteiger partial charge in [0.25, 0.3) is 10.0 Å². The average Bonchev–Trinajstić information content (AvgIpc) is 3.15. The van der Waals surface area contributed by atoms with Gasteiger partial charge < -0.3 is 4.74 Å². The van der Waals surface area contributed by atoms with Crippen molar-refractivity contribution in [3.63, 3.8) is 0 Å². The van der Waals surface area contributed by atoms with Crippen LogP contribution < -0.4 is 9.46 Å². The Hall–Kier alpha value is -1.74. The monoisotopic (exact) mass is 312 g/mol. The molecule has 0 aromatic carbocycles. The van der Waals surface area contributed by atoms with Crippen LogP contribution in [0.1, 0.15) is 24.6 Å².